The lowest BCUT2D eigenvalue weighted by molar-refractivity contribution is -0.126. The normalized spacial score (nSPS) is 26.4. The maximum Gasteiger partial charge on any atom is 0.227 e. The predicted molar refractivity (Wildman–Crippen MR) is 104 cm³/mol. The molecule has 2 saturated heterocycles. The molecule has 1 N–H and O–H groups in total. The number of carbonyl (C=O) groups is 2. The van der Waals surface area contributed by atoms with Crippen LogP contribution in [0.1, 0.15) is 32.3 Å². The van der Waals surface area contributed by atoms with Gasteiger partial charge in [0.15, 0.2) is 0 Å². The maximum atomic E-state index is 14.2. The molecule has 0 bridgehead atoms. The van der Waals surface area contributed by atoms with E-state index in [1.54, 1.807) is 19.1 Å². The zero-order valence-electron chi connectivity index (χ0n) is 16.5. The van der Waals surface area contributed by atoms with Gasteiger partial charge in [0.05, 0.1) is 11.6 Å². The molecule has 2 heterocycles. The fraction of sp³-hybridized carbons (Fsp3) is 0.619. The van der Waals surface area contributed by atoms with Crippen LogP contribution < -0.4 is 10.2 Å². The lowest BCUT2D eigenvalue weighted by atomic mass is 9.92. The Labute approximate surface area is 160 Å². The van der Waals surface area contributed by atoms with E-state index >= 15 is 0 Å². The SMILES string of the molecule is Cc1ccc(N2CC(C(=O)NCCN3CC(C)CC(C)C3)CC2=O)c(F)c1. The van der Waals surface area contributed by atoms with E-state index in [9.17, 15) is 14.0 Å². The second-order valence-corrected chi connectivity index (χ2v) is 8.36. The van der Waals surface area contributed by atoms with Gasteiger partial charge in [0.25, 0.3) is 0 Å². The third-order valence-corrected chi connectivity index (χ3v) is 5.56. The van der Waals surface area contributed by atoms with E-state index in [0.717, 1.165) is 25.2 Å². The van der Waals surface area contributed by atoms with Gasteiger partial charge in [-0.25, -0.2) is 4.39 Å². The quantitative estimate of drug-likeness (QED) is 0.861. The maximum absolute atomic E-state index is 14.2. The number of rotatable bonds is 5. The standard InChI is InChI=1S/C21H30FN3O2/c1-14-4-5-19(18(22)9-14)25-13-17(10-20(25)26)21(27)23-6-7-24-11-15(2)8-16(3)12-24/h4-5,9,15-17H,6-8,10-13H2,1-3H3,(H,23,27). The summed E-state index contributed by atoms with van der Waals surface area (Å²) >= 11 is 0. The van der Waals surface area contributed by atoms with Gasteiger partial charge >= 0.3 is 0 Å². The fourth-order valence-electron chi connectivity index (χ4n) is 4.40. The van der Waals surface area contributed by atoms with Crippen molar-refractivity contribution in [2.45, 2.75) is 33.6 Å². The van der Waals surface area contributed by atoms with Gasteiger partial charge in [-0.3, -0.25) is 9.59 Å². The van der Waals surface area contributed by atoms with Crippen molar-refractivity contribution >= 4 is 17.5 Å². The molecule has 1 aromatic carbocycles. The second-order valence-electron chi connectivity index (χ2n) is 8.36. The van der Waals surface area contributed by atoms with Crippen LogP contribution in [0.2, 0.25) is 0 Å². The van der Waals surface area contributed by atoms with Crippen molar-refractivity contribution in [2.24, 2.45) is 17.8 Å². The van der Waals surface area contributed by atoms with Crippen LogP contribution in [0.15, 0.2) is 18.2 Å². The Morgan fingerprint density at radius 1 is 1.22 bits per heavy atom. The minimum atomic E-state index is -0.419. The molecule has 0 aromatic heterocycles. The van der Waals surface area contributed by atoms with Crippen LogP contribution in [0.25, 0.3) is 0 Å². The number of benzene rings is 1. The lowest BCUT2D eigenvalue weighted by Gasteiger charge is -2.34. The van der Waals surface area contributed by atoms with Gasteiger partial charge in [-0.2, -0.15) is 0 Å². The highest BCUT2D eigenvalue weighted by atomic mass is 19.1. The van der Waals surface area contributed by atoms with Gasteiger partial charge in [-0.05, 0) is 42.9 Å². The van der Waals surface area contributed by atoms with E-state index in [-0.39, 0.29) is 30.5 Å². The number of likely N-dealkylation sites (tertiary alicyclic amines) is 1. The minimum absolute atomic E-state index is 0.114. The summed E-state index contributed by atoms with van der Waals surface area (Å²) in [7, 11) is 0. The number of carbonyl (C=O) groups excluding carboxylic acids is 2. The van der Waals surface area contributed by atoms with Gasteiger partial charge in [-0.1, -0.05) is 19.9 Å². The van der Waals surface area contributed by atoms with E-state index in [0.29, 0.717) is 18.4 Å². The Balaban J connectivity index is 1.50. The number of nitrogens with one attached hydrogen (secondary N) is 1. The van der Waals surface area contributed by atoms with Crippen LogP contribution in [0, 0.1) is 30.5 Å². The van der Waals surface area contributed by atoms with Crippen molar-refractivity contribution in [2.75, 3.05) is 37.6 Å². The largest absolute Gasteiger partial charge is 0.355 e. The van der Waals surface area contributed by atoms with Crippen LogP contribution in [0.4, 0.5) is 10.1 Å². The number of halogens is 1. The molecule has 3 unspecified atom stereocenters. The summed E-state index contributed by atoms with van der Waals surface area (Å²) in [6.07, 6.45) is 1.40. The fourth-order valence-corrected chi connectivity index (χ4v) is 4.40. The van der Waals surface area contributed by atoms with Gasteiger partial charge < -0.3 is 15.1 Å². The minimum Gasteiger partial charge on any atom is -0.355 e. The van der Waals surface area contributed by atoms with Gasteiger partial charge in [0.1, 0.15) is 5.82 Å². The molecular formula is C21H30FN3O2. The highest BCUT2D eigenvalue weighted by Gasteiger charge is 2.36. The number of piperidine rings is 1. The van der Waals surface area contributed by atoms with Crippen molar-refractivity contribution in [3.63, 3.8) is 0 Å². The summed E-state index contributed by atoms with van der Waals surface area (Å²) in [6, 6.07) is 4.80. The number of amides is 2. The molecule has 5 nitrogen and oxygen atoms in total. The highest BCUT2D eigenvalue weighted by Crippen LogP contribution is 2.28. The predicted octanol–water partition coefficient (Wildman–Crippen LogP) is 2.58. The number of hydrogen-bond acceptors (Lipinski definition) is 3. The molecular weight excluding hydrogens is 345 g/mol. The Morgan fingerprint density at radius 2 is 1.93 bits per heavy atom. The average Bonchev–Trinajstić information content (AvgIpc) is 2.96. The van der Waals surface area contributed by atoms with E-state index in [2.05, 4.69) is 24.1 Å². The van der Waals surface area contributed by atoms with Gasteiger partial charge in [0, 0.05) is 39.1 Å². The van der Waals surface area contributed by atoms with Crippen LogP contribution >= 0.6 is 0 Å². The first-order valence-corrected chi connectivity index (χ1v) is 9.90. The van der Waals surface area contributed by atoms with E-state index in [4.69, 9.17) is 0 Å². The number of nitrogens with zero attached hydrogens (tertiary/aromatic N) is 2. The van der Waals surface area contributed by atoms with Crippen LogP contribution in [0.5, 0.6) is 0 Å². The molecule has 0 saturated carbocycles. The Bertz CT molecular complexity index is 699. The number of anilines is 1. The van der Waals surface area contributed by atoms with Gasteiger partial charge in [0.2, 0.25) is 11.8 Å². The van der Waals surface area contributed by atoms with Crippen molar-refractivity contribution in [3.05, 3.63) is 29.6 Å². The third kappa shape index (κ3) is 4.86. The van der Waals surface area contributed by atoms with Crippen molar-refractivity contribution < 1.29 is 14.0 Å². The Morgan fingerprint density at radius 3 is 2.59 bits per heavy atom. The monoisotopic (exact) mass is 375 g/mol. The molecule has 3 rings (SSSR count). The molecule has 0 radical (unpaired) electrons. The number of aryl methyl sites for hydroxylation is 1. The van der Waals surface area contributed by atoms with Crippen LogP contribution in [-0.4, -0.2) is 49.4 Å². The van der Waals surface area contributed by atoms with Gasteiger partial charge in [-0.15, -0.1) is 0 Å². The van der Waals surface area contributed by atoms with Crippen molar-refractivity contribution in [1.82, 2.24) is 10.2 Å². The summed E-state index contributed by atoms with van der Waals surface area (Å²) in [5.41, 5.74) is 1.07. The zero-order chi connectivity index (χ0) is 19.6. The molecule has 27 heavy (non-hydrogen) atoms. The molecule has 0 spiro atoms. The summed E-state index contributed by atoms with van der Waals surface area (Å²) in [4.78, 5) is 28.6. The average molecular weight is 375 g/mol. The van der Waals surface area contributed by atoms with E-state index in [1.165, 1.54) is 17.4 Å². The molecule has 2 aliphatic rings. The first-order valence-electron chi connectivity index (χ1n) is 9.90. The topological polar surface area (TPSA) is 52.7 Å². The lowest BCUT2D eigenvalue weighted by Crippen LogP contribution is -2.44. The molecule has 1 aromatic rings. The summed E-state index contributed by atoms with van der Waals surface area (Å²) in [5, 5.41) is 2.96. The highest BCUT2D eigenvalue weighted by molar-refractivity contribution is 6.00. The summed E-state index contributed by atoms with van der Waals surface area (Å²) in [6.45, 7) is 10.1. The zero-order valence-corrected chi connectivity index (χ0v) is 16.5. The Hall–Kier alpha value is -1.95. The van der Waals surface area contributed by atoms with Crippen molar-refractivity contribution in [1.29, 1.82) is 0 Å². The summed E-state index contributed by atoms with van der Waals surface area (Å²) < 4.78 is 14.2. The Kier molecular flexibility index (Phi) is 6.15. The smallest absolute Gasteiger partial charge is 0.227 e. The first-order chi connectivity index (χ1) is 12.8. The first kappa shape index (κ1) is 19.8. The van der Waals surface area contributed by atoms with Crippen LogP contribution in [0.3, 0.4) is 0 Å². The third-order valence-electron chi connectivity index (χ3n) is 5.56. The van der Waals surface area contributed by atoms with E-state index < -0.39 is 11.7 Å². The molecule has 2 amide bonds. The molecule has 6 heteroatoms. The number of hydrogen-bond donors (Lipinski definition) is 1. The molecule has 3 atom stereocenters. The summed E-state index contributed by atoms with van der Waals surface area (Å²) in [5.74, 6) is 0.230. The van der Waals surface area contributed by atoms with Crippen LogP contribution in [-0.2, 0) is 9.59 Å². The second kappa shape index (κ2) is 8.38. The molecule has 148 valence electrons. The molecule has 2 fully saturated rings. The molecule has 0 aliphatic carbocycles. The van der Waals surface area contributed by atoms with E-state index in [1.807, 2.05) is 0 Å². The van der Waals surface area contributed by atoms with Crippen molar-refractivity contribution in [3.8, 4) is 0 Å². The molecule has 2 aliphatic heterocycles.